The number of esters is 1. The second-order valence-corrected chi connectivity index (χ2v) is 7.68. The maximum Gasteiger partial charge on any atom is 0.306 e. The number of piperidine rings is 1. The molecule has 0 aliphatic carbocycles. The number of hydrogen-bond acceptors (Lipinski definition) is 4. The molecule has 0 amide bonds. The number of thiol groups is 1. The van der Waals surface area contributed by atoms with Gasteiger partial charge in [-0.3, -0.25) is 4.79 Å². The average Bonchev–Trinajstić information content (AvgIpc) is 2.09. The van der Waals surface area contributed by atoms with E-state index in [4.69, 9.17) is 4.74 Å². The van der Waals surface area contributed by atoms with E-state index < -0.39 is 0 Å². The summed E-state index contributed by atoms with van der Waals surface area (Å²) in [5, 5.41) is 3.83. The fourth-order valence-electron chi connectivity index (χ4n) is 2.88. The van der Waals surface area contributed by atoms with Crippen molar-refractivity contribution < 1.29 is 9.53 Å². The van der Waals surface area contributed by atoms with Crippen LogP contribution in [0.5, 0.6) is 0 Å². The van der Waals surface area contributed by atoms with Gasteiger partial charge in [-0.1, -0.05) is 6.92 Å². The number of carbonyl (C=O) groups is 1. The predicted molar refractivity (Wildman–Crippen MR) is 78.1 cm³/mol. The molecule has 0 aromatic rings. The van der Waals surface area contributed by atoms with Gasteiger partial charge in [-0.15, -0.1) is 0 Å². The van der Waals surface area contributed by atoms with Gasteiger partial charge in [0, 0.05) is 30.3 Å². The Labute approximate surface area is 116 Å². The molecular weight excluding hydrogens is 246 g/mol. The largest absolute Gasteiger partial charge is 0.462 e. The molecule has 3 nitrogen and oxygen atoms in total. The summed E-state index contributed by atoms with van der Waals surface area (Å²) in [7, 11) is 0. The van der Waals surface area contributed by atoms with Crippen molar-refractivity contribution in [1.29, 1.82) is 0 Å². The first-order valence-corrected chi connectivity index (χ1v) is 7.28. The minimum absolute atomic E-state index is 0.0174. The summed E-state index contributed by atoms with van der Waals surface area (Å²) in [4.78, 5) is 11.8. The summed E-state index contributed by atoms with van der Waals surface area (Å²) in [6.07, 6.45) is 3.02. The van der Waals surface area contributed by atoms with Gasteiger partial charge in [-0.05, 0) is 39.4 Å². The van der Waals surface area contributed by atoms with Crippen LogP contribution < -0.4 is 5.32 Å². The van der Waals surface area contributed by atoms with Crippen molar-refractivity contribution in [1.82, 2.24) is 5.32 Å². The lowest BCUT2D eigenvalue weighted by molar-refractivity contribution is -0.153. The van der Waals surface area contributed by atoms with Gasteiger partial charge in [-0.25, -0.2) is 0 Å². The fourth-order valence-corrected chi connectivity index (χ4v) is 3.01. The summed E-state index contributed by atoms with van der Waals surface area (Å²) in [5.74, 6) is -0.0885. The molecule has 0 radical (unpaired) electrons. The molecule has 0 saturated carbocycles. The lowest BCUT2D eigenvalue weighted by Crippen LogP contribution is -2.59. The summed E-state index contributed by atoms with van der Waals surface area (Å²) >= 11 is 4.28. The Morgan fingerprint density at radius 1 is 1.33 bits per heavy atom. The van der Waals surface area contributed by atoms with Crippen molar-refractivity contribution in [2.45, 2.75) is 82.7 Å². The molecule has 0 spiro atoms. The van der Waals surface area contributed by atoms with Gasteiger partial charge >= 0.3 is 5.97 Å². The zero-order valence-electron chi connectivity index (χ0n) is 12.2. The highest BCUT2D eigenvalue weighted by Gasteiger charge is 2.39. The number of hydrogen-bond donors (Lipinski definition) is 2. The molecule has 1 heterocycles. The van der Waals surface area contributed by atoms with Crippen molar-refractivity contribution in [2.75, 3.05) is 0 Å². The van der Waals surface area contributed by atoms with Crippen LogP contribution in [0.4, 0.5) is 0 Å². The molecule has 1 saturated heterocycles. The minimum atomic E-state index is -0.0885. The Morgan fingerprint density at radius 3 is 2.28 bits per heavy atom. The van der Waals surface area contributed by atoms with Gasteiger partial charge in [0.2, 0.25) is 0 Å². The van der Waals surface area contributed by atoms with Crippen LogP contribution in [0.15, 0.2) is 0 Å². The van der Waals surface area contributed by atoms with E-state index in [2.05, 4.69) is 45.6 Å². The van der Waals surface area contributed by atoms with Crippen LogP contribution in [-0.2, 0) is 9.53 Å². The van der Waals surface area contributed by atoms with Crippen molar-refractivity contribution in [2.24, 2.45) is 0 Å². The van der Waals surface area contributed by atoms with E-state index in [9.17, 15) is 4.79 Å². The Kier molecular flexibility index (Phi) is 5.13. The van der Waals surface area contributed by atoms with Crippen LogP contribution in [0.3, 0.4) is 0 Å². The molecular formula is C14H27NO2S. The van der Waals surface area contributed by atoms with Gasteiger partial charge < -0.3 is 10.1 Å². The molecule has 1 fully saturated rings. The summed E-state index contributed by atoms with van der Waals surface area (Å²) in [6, 6.07) is 0. The van der Waals surface area contributed by atoms with E-state index in [1.54, 1.807) is 0 Å². The fraction of sp³-hybridized carbons (Fsp3) is 0.929. The van der Waals surface area contributed by atoms with Crippen molar-refractivity contribution >= 4 is 18.6 Å². The number of rotatable bonds is 4. The third-order valence-corrected chi connectivity index (χ3v) is 3.48. The van der Waals surface area contributed by atoms with Crippen LogP contribution in [-0.4, -0.2) is 28.4 Å². The second-order valence-electron chi connectivity index (χ2n) is 6.80. The predicted octanol–water partition coefficient (Wildman–Crippen LogP) is 2.94. The number of ether oxygens (including phenoxy) is 1. The molecule has 0 aromatic carbocycles. The normalized spacial score (nSPS) is 24.6. The Bertz CT molecular complexity index is 284. The highest BCUT2D eigenvalue weighted by molar-refractivity contribution is 7.80. The first-order chi connectivity index (χ1) is 8.10. The van der Waals surface area contributed by atoms with Gasteiger partial charge in [-0.2, -0.15) is 12.6 Å². The zero-order valence-corrected chi connectivity index (χ0v) is 13.1. The van der Waals surface area contributed by atoms with Gasteiger partial charge in [0.25, 0.3) is 0 Å². The van der Waals surface area contributed by atoms with Crippen LogP contribution in [0.2, 0.25) is 0 Å². The molecule has 1 atom stereocenters. The molecule has 1 unspecified atom stereocenters. The Hall–Kier alpha value is -0.220. The van der Waals surface area contributed by atoms with Crippen molar-refractivity contribution in [3.8, 4) is 0 Å². The smallest absolute Gasteiger partial charge is 0.306 e. The van der Waals surface area contributed by atoms with Crippen LogP contribution >= 0.6 is 12.6 Å². The molecule has 1 aliphatic heterocycles. The molecule has 0 aromatic heterocycles. The highest BCUT2D eigenvalue weighted by atomic mass is 32.1. The van der Waals surface area contributed by atoms with E-state index in [0.29, 0.717) is 6.42 Å². The Balaban J connectivity index is 2.49. The third-order valence-electron chi connectivity index (χ3n) is 3.22. The lowest BCUT2D eigenvalue weighted by Gasteiger charge is -2.45. The van der Waals surface area contributed by atoms with Crippen molar-refractivity contribution in [3.63, 3.8) is 0 Å². The maximum absolute atomic E-state index is 11.8. The Morgan fingerprint density at radius 2 is 1.83 bits per heavy atom. The summed E-state index contributed by atoms with van der Waals surface area (Å²) in [6.45, 7) is 10.6. The van der Waals surface area contributed by atoms with Gasteiger partial charge in [0.05, 0.1) is 0 Å². The molecule has 18 heavy (non-hydrogen) atoms. The summed E-state index contributed by atoms with van der Waals surface area (Å²) in [5.41, 5.74) is 0.0348. The van der Waals surface area contributed by atoms with Crippen LogP contribution in [0, 0.1) is 0 Å². The quantitative estimate of drug-likeness (QED) is 0.611. The topological polar surface area (TPSA) is 38.3 Å². The van der Waals surface area contributed by atoms with E-state index in [1.807, 2.05) is 6.92 Å². The standard InChI is InChI=1S/C14H27NO2S/c1-10(18)6-7-12(16)17-11-8-13(2,3)15-14(4,5)9-11/h10-11,15,18H,6-9H2,1-5H3. The number of carbonyl (C=O) groups excluding carboxylic acids is 1. The maximum atomic E-state index is 11.8. The molecule has 1 N–H and O–H groups in total. The first kappa shape index (κ1) is 15.8. The molecule has 0 bridgehead atoms. The SMILES string of the molecule is CC(S)CCC(=O)OC1CC(C)(C)NC(C)(C)C1. The minimum Gasteiger partial charge on any atom is -0.462 e. The van der Waals surface area contributed by atoms with Gasteiger partial charge in [0.15, 0.2) is 0 Å². The van der Waals surface area contributed by atoms with Crippen LogP contribution in [0.25, 0.3) is 0 Å². The molecule has 1 aliphatic rings. The zero-order chi connectivity index (χ0) is 14.0. The lowest BCUT2D eigenvalue weighted by atomic mass is 9.81. The average molecular weight is 273 g/mol. The monoisotopic (exact) mass is 273 g/mol. The van der Waals surface area contributed by atoms with E-state index in [1.165, 1.54) is 0 Å². The highest BCUT2D eigenvalue weighted by Crippen LogP contribution is 2.30. The van der Waals surface area contributed by atoms with E-state index in [-0.39, 0.29) is 28.4 Å². The molecule has 1 rings (SSSR count). The first-order valence-electron chi connectivity index (χ1n) is 6.76. The van der Waals surface area contributed by atoms with Crippen LogP contribution in [0.1, 0.15) is 60.3 Å². The molecule has 106 valence electrons. The van der Waals surface area contributed by atoms with Gasteiger partial charge in [0.1, 0.15) is 6.10 Å². The van der Waals surface area contributed by atoms with E-state index >= 15 is 0 Å². The molecule has 4 heteroatoms. The third kappa shape index (κ3) is 5.61. The van der Waals surface area contributed by atoms with E-state index in [0.717, 1.165) is 19.3 Å². The number of nitrogens with one attached hydrogen (secondary N) is 1. The second kappa shape index (κ2) is 5.83. The van der Waals surface area contributed by atoms with Crippen molar-refractivity contribution in [3.05, 3.63) is 0 Å². The summed E-state index contributed by atoms with van der Waals surface area (Å²) < 4.78 is 5.60.